The third kappa shape index (κ3) is 8.04. The van der Waals surface area contributed by atoms with E-state index in [1.165, 1.54) is 25.0 Å². The van der Waals surface area contributed by atoms with E-state index in [2.05, 4.69) is 32.2 Å². The number of hydrogen-bond donors (Lipinski definition) is 3. The highest BCUT2D eigenvalue weighted by Crippen LogP contribution is 2.19. The van der Waals surface area contributed by atoms with Crippen LogP contribution in [0.1, 0.15) is 38.4 Å². The third-order valence-corrected chi connectivity index (χ3v) is 4.67. The van der Waals surface area contributed by atoms with Crippen molar-refractivity contribution in [3.8, 4) is 5.75 Å². The zero-order valence-electron chi connectivity index (χ0n) is 16.4. The van der Waals surface area contributed by atoms with Gasteiger partial charge in [-0.1, -0.05) is 19.1 Å². The molecule has 1 aromatic carbocycles. The molecule has 1 saturated heterocycles. The summed E-state index contributed by atoms with van der Waals surface area (Å²) >= 11 is 0. The number of aliphatic hydroxyl groups is 1. The van der Waals surface area contributed by atoms with Gasteiger partial charge in [-0.2, -0.15) is 8.78 Å². The first-order valence-electron chi connectivity index (χ1n) is 9.52. The molecule has 2 rings (SSSR count). The zero-order chi connectivity index (χ0) is 19.6. The third-order valence-electron chi connectivity index (χ3n) is 4.67. The lowest BCUT2D eigenvalue weighted by Gasteiger charge is -2.24. The lowest BCUT2D eigenvalue weighted by Crippen LogP contribution is -2.45. The fourth-order valence-corrected chi connectivity index (χ4v) is 3.25. The van der Waals surface area contributed by atoms with E-state index in [1.54, 1.807) is 12.1 Å². The number of nitrogens with one attached hydrogen (secondary N) is 2. The van der Waals surface area contributed by atoms with Gasteiger partial charge in [-0.25, -0.2) is 0 Å². The monoisotopic (exact) mass is 512 g/mol. The number of aliphatic hydroxyl groups excluding tert-OH is 1. The molecule has 2 unspecified atom stereocenters. The lowest BCUT2D eigenvalue weighted by molar-refractivity contribution is -0.0498. The molecule has 0 bridgehead atoms. The molecule has 3 N–H and O–H groups in total. The van der Waals surface area contributed by atoms with Crippen LogP contribution in [0.25, 0.3) is 0 Å². The summed E-state index contributed by atoms with van der Waals surface area (Å²) in [6.07, 6.45) is 1.58. The molecule has 0 amide bonds. The van der Waals surface area contributed by atoms with E-state index in [4.69, 9.17) is 0 Å². The van der Waals surface area contributed by atoms with Gasteiger partial charge in [0.1, 0.15) is 5.75 Å². The number of likely N-dealkylation sites (tertiary alicyclic amines) is 1. The molecular formula is C19H31F2IN4O2. The Balaban J connectivity index is 0.00000392. The Labute approximate surface area is 182 Å². The molecule has 2 atom stereocenters. The second kappa shape index (κ2) is 13.1. The Bertz CT molecular complexity index is 590. The van der Waals surface area contributed by atoms with Crippen molar-refractivity contribution < 1.29 is 18.6 Å². The van der Waals surface area contributed by atoms with E-state index < -0.39 is 12.7 Å². The van der Waals surface area contributed by atoms with Gasteiger partial charge in [0, 0.05) is 19.1 Å². The maximum atomic E-state index is 12.2. The highest BCUT2D eigenvalue weighted by atomic mass is 127. The van der Waals surface area contributed by atoms with E-state index >= 15 is 0 Å². The average Bonchev–Trinajstić information content (AvgIpc) is 3.11. The van der Waals surface area contributed by atoms with Gasteiger partial charge in [-0.3, -0.25) is 9.89 Å². The van der Waals surface area contributed by atoms with Crippen molar-refractivity contribution in [2.24, 2.45) is 4.99 Å². The van der Waals surface area contributed by atoms with Gasteiger partial charge >= 0.3 is 6.61 Å². The van der Waals surface area contributed by atoms with Crippen LogP contribution in [-0.2, 0) is 0 Å². The van der Waals surface area contributed by atoms with Crippen molar-refractivity contribution in [1.29, 1.82) is 0 Å². The number of guanidine groups is 1. The highest BCUT2D eigenvalue weighted by molar-refractivity contribution is 14.0. The lowest BCUT2D eigenvalue weighted by atomic mass is 10.1. The van der Waals surface area contributed by atoms with Gasteiger partial charge in [-0.15, -0.1) is 24.0 Å². The molecule has 1 aromatic rings. The topological polar surface area (TPSA) is 69.1 Å². The van der Waals surface area contributed by atoms with Crippen molar-refractivity contribution >= 4 is 29.9 Å². The van der Waals surface area contributed by atoms with E-state index in [0.717, 1.165) is 26.2 Å². The summed E-state index contributed by atoms with van der Waals surface area (Å²) in [5, 5.41) is 16.8. The largest absolute Gasteiger partial charge is 0.435 e. The molecule has 1 aliphatic heterocycles. The standard InChI is InChI=1S/C19H30F2N4O2.HI/c1-3-22-19(23-12-15-6-5-11-25(15)4-2)24-13-17(26)14-7-9-16(10-8-14)27-18(20)21;/h7-10,15,17-18,26H,3-6,11-13H2,1-2H3,(H2,22,23,24);1H. The first-order valence-corrected chi connectivity index (χ1v) is 9.52. The number of aliphatic imine (C=N–C) groups is 1. The molecule has 9 heteroatoms. The minimum Gasteiger partial charge on any atom is -0.435 e. The van der Waals surface area contributed by atoms with Gasteiger partial charge in [0.15, 0.2) is 5.96 Å². The van der Waals surface area contributed by atoms with Crippen molar-refractivity contribution in [3.05, 3.63) is 29.8 Å². The number of likely N-dealkylation sites (N-methyl/N-ethyl adjacent to an activating group) is 1. The zero-order valence-corrected chi connectivity index (χ0v) is 18.7. The summed E-state index contributed by atoms with van der Waals surface area (Å²) in [4.78, 5) is 6.90. The second-order valence-corrected chi connectivity index (χ2v) is 6.49. The SMILES string of the molecule is CCNC(=NCC(O)c1ccc(OC(F)F)cc1)NCC1CCCN1CC.I. The Hall–Kier alpha value is -1.20. The van der Waals surface area contributed by atoms with Crippen LogP contribution in [0, 0.1) is 0 Å². The van der Waals surface area contributed by atoms with Crippen molar-refractivity contribution in [2.75, 3.05) is 32.7 Å². The van der Waals surface area contributed by atoms with Crippen LogP contribution < -0.4 is 15.4 Å². The fourth-order valence-electron chi connectivity index (χ4n) is 3.25. The predicted octanol–water partition coefficient (Wildman–Crippen LogP) is 2.98. The molecule has 0 aromatic heterocycles. The number of nitrogens with zero attached hydrogens (tertiary/aromatic N) is 2. The van der Waals surface area contributed by atoms with E-state index in [-0.39, 0.29) is 36.3 Å². The van der Waals surface area contributed by atoms with E-state index in [9.17, 15) is 13.9 Å². The summed E-state index contributed by atoms with van der Waals surface area (Å²) < 4.78 is 28.7. The van der Waals surface area contributed by atoms with Gasteiger partial charge in [0.2, 0.25) is 0 Å². The fraction of sp³-hybridized carbons (Fsp3) is 0.632. The molecule has 160 valence electrons. The molecule has 28 heavy (non-hydrogen) atoms. The Morgan fingerprint density at radius 2 is 2.00 bits per heavy atom. The molecule has 0 aliphatic carbocycles. The minimum atomic E-state index is -2.86. The first-order chi connectivity index (χ1) is 13.0. The quantitative estimate of drug-likeness (QED) is 0.270. The van der Waals surface area contributed by atoms with Crippen LogP contribution in [-0.4, -0.2) is 61.3 Å². The number of benzene rings is 1. The van der Waals surface area contributed by atoms with Crippen molar-refractivity contribution in [2.45, 2.75) is 45.4 Å². The number of hydrogen-bond acceptors (Lipinski definition) is 4. The molecule has 1 aliphatic rings. The number of alkyl halides is 2. The Morgan fingerprint density at radius 3 is 2.61 bits per heavy atom. The molecule has 0 radical (unpaired) electrons. The Kier molecular flexibility index (Phi) is 11.6. The number of halogens is 3. The normalized spacial score (nSPS) is 18.6. The summed E-state index contributed by atoms with van der Waals surface area (Å²) in [5.41, 5.74) is 0.601. The van der Waals surface area contributed by atoms with Gasteiger partial charge in [0.05, 0.1) is 12.6 Å². The van der Waals surface area contributed by atoms with E-state index in [0.29, 0.717) is 17.6 Å². The first kappa shape index (κ1) is 24.8. The molecule has 0 saturated carbocycles. The van der Waals surface area contributed by atoms with Crippen molar-refractivity contribution in [3.63, 3.8) is 0 Å². The van der Waals surface area contributed by atoms with Crippen LogP contribution >= 0.6 is 24.0 Å². The summed E-state index contributed by atoms with van der Waals surface area (Å²) in [6.45, 7) is 5.20. The van der Waals surface area contributed by atoms with Gasteiger partial charge < -0.3 is 20.5 Å². The molecule has 6 nitrogen and oxygen atoms in total. The molecule has 1 heterocycles. The summed E-state index contributed by atoms with van der Waals surface area (Å²) in [7, 11) is 0. The number of ether oxygens (including phenoxy) is 1. The predicted molar refractivity (Wildman–Crippen MR) is 118 cm³/mol. The van der Waals surface area contributed by atoms with Crippen LogP contribution in [0.2, 0.25) is 0 Å². The Morgan fingerprint density at radius 1 is 1.29 bits per heavy atom. The smallest absolute Gasteiger partial charge is 0.387 e. The minimum absolute atomic E-state index is 0. The second-order valence-electron chi connectivity index (χ2n) is 6.49. The average molecular weight is 512 g/mol. The molecular weight excluding hydrogens is 481 g/mol. The van der Waals surface area contributed by atoms with Crippen LogP contribution in [0.15, 0.2) is 29.3 Å². The summed E-state index contributed by atoms with van der Waals surface area (Å²) in [5.74, 6) is 0.730. The molecule has 1 fully saturated rings. The van der Waals surface area contributed by atoms with Crippen LogP contribution in [0.3, 0.4) is 0 Å². The summed E-state index contributed by atoms with van der Waals surface area (Å²) in [6, 6.07) is 6.46. The van der Waals surface area contributed by atoms with Crippen molar-refractivity contribution in [1.82, 2.24) is 15.5 Å². The van der Waals surface area contributed by atoms with Crippen LogP contribution in [0.4, 0.5) is 8.78 Å². The molecule has 0 spiro atoms. The number of rotatable bonds is 9. The maximum absolute atomic E-state index is 12.2. The van der Waals surface area contributed by atoms with Gasteiger partial charge in [-0.05, 0) is 50.6 Å². The maximum Gasteiger partial charge on any atom is 0.387 e. The van der Waals surface area contributed by atoms with E-state index in [1.807, 2.05) is 6.92 Å². The van der Waals surface area contributed by atoms with Crippen LogP contribution in [0.5, 0.6) is 5.75 Å². The van der Waals surface area contributed by atoms with Gasteiger partial charge in [0.25, 0.3) is 0 Å². The highest BCUT2D eigenvalue weighted by Gasteiger charge is 2.22.